The van der Waals surface area contributed by atoms with Crippen LogP contribution in [0, 0.1) is 0 Å². The van der Waals surface area contributed by atoms with Crippen molar-refractivity contribution in [2.75, 3.05) is 13.2 Å². The third-order valence-electron chi connectivity index (χ3n) is 3.51. The van der Waals surface area contributed by atoms with Gasteiger partial charge in [0.15, 0.2) is 0 Å². The second-order valence-corrected chi connectivity index (χ2v) is 7.35. The Balaban J connectivity index is 2.30. The van der Waals surface area contributed by atoms with Crippen LogP contribution in [0.5, 0.6) is 5.75 Å². The van der Waals surface area contributed by atoms with E-state index in [1.54, 1.807) is 22.5 Å². The Kier molecular flexibility index (Phi) is 5.52. The zero-order valence-corrected chi connectivity index (χ0v) is 14.1. The molecule has 0 N–H and O–H groups in total. The molecule has 1 aromatic carbocycles. The van der Waals surface area contributed by atoms with Gasteiger partial charge in [-0.2, -0.15) is 4.31 Å². The predicted octanol–water partition coefficient (Wildman–Crippen LogP) is 3.39. The highest BCUT2D eigenvalue weighted by atomic mass is 35.5. The molecule has 118 valence electrons. The molecule has 21 heavy (non-hydrogen) atoms. The van der Waals surface area contributed by atoms with E-state index in [-0.39, 0.29) is 11.9 Å². The van der Waals surface area contributed by atoms with Crippen LogP contribution in [0.1, 0.15) is 38.7 Å². The smallest absolute Gasteiger partial charge is 0.243 e. The lowest BCUT2D eigenvalue weighted by molar-refractivity contribution is 0.315. The van der Waals surface area contributed by atoms with Crippen molar-refractivity contribution in [3.63, 3.8) is 0 Å². The molecule has 1 aromatic rings. The lowest BCUT2D eigenvalue weighted by atomic mass is 10.2. The molecule has 0 amide bonds. The molecule has 1 aliphatic rings. The van der Waals surface area contributed by atoms with Crippen molar-refractivity contribution in [1.82, 2.24) is 4.31 Å². The van der Waals surface area contributed by atoms with Gasteiger partial charge in [-0.3, -0.25) is 0 Å². The van der Waals surface area contributed by atoms with Gasteiger partial charge in [0.25, 0.3) is 0 Å². The van der Waals surface area contributed by atoms with Crippen molar-refractivity contribution >= 4 is 21.6 Å². The Morgan fingerprint density at radius 1 is 1.33 bits per heavy atom. The highest BCUT2D eigenvalue weighted by molar-refractivity contribution is 7.89. The number of hydrogen-bond donors (Lipinski definition) is 0. The Labute approximate surface area is 132 Å². The first-order valence-electron chi connectivity index (χ1n) is 7.38. The van der Waals surface area contributed by atoms with Crippen molar-refractivity contribution in [3.8, 4) is 5.75 Å². The van der Waals surface area contributed by atoms with E-state index in [9.17, 15) is 8.42 Å². The molecule has 0 unspecified atom stereocenters. The number of ether oxygens (including phenoxy) is 1. The molecule has 0 spiro atoms. The highest BCUT2D eigenvalue weighted by Crippen LogP contribution is 2.33. The fourth-order valence-electron chi connectivity index (χ4n) is 2.30. The summed E-state index contributed by atoms with van der Waals surface area (Å²) in [4.78, 5) is 0.302. The minimum absolute atomic E-state index is 0.162. The number of nitrogens with zero attached hydrogens (tertiary/aromatic N) is 1. The quantitative estimate of drug-likeness (QED) is 0.686. The van der Waals surface area contributed by atoms with Gasteiger partial charge in [-0.1, -0.05) is 13.8 Å². The van der Waals surface area contributed by atoms with Gasteiger partial charge in [0.2, 0.25) is 10.0 Å². The predicted molar refractivity (Wildman–Crippen MR) is 84.4 cm³/mol. The fourth-order valence-corrected chi connectivity index (χ4v) is 4.25. The molecular formula is C15H22ClNO3S. The van der Waals surface area contributed by atoms with Crippen LogP contribution in [0.4, 0.5) is 0 Å². The molecular weight excluding hydrogens is 310 g/mol. The summed E-state index contributed by atoms with van der Waals surface area (Å²) in [5.41, 5.74) is 0.720. The SMILES string of the molecule is CCCOc1ccc(S(=O)(=O)N(CC)C2CC2)cc1CCl. The van der Waals surface area contributed by atoms with Crippen molar-refractivity contribution in [3.05, 3.63) is 23.8 Å². The molecule has 0 atom stereocenters. The minimum Gasteiger partial charge on any atom is -0.493 e. The van der Waals surface area contributed by atoms with Crippen molar-refractivity contribution < 1.29 is 13.2 Å². The maximum Gasteiger partial charge on any atom is 0.243 e. The van der Waals surface area contributed by atoms with Crippen LogP contribution in [-0.4, -0.2) is 31.9 Å². The van der Waals surface area contributed by atoms with Crippen molar-refractivity contribution in [1.29, 1.82) is 0 Å². The number of hydrogen-bond acceptors (Lipinski definition) is 3. The number of alkyl halides is 1. The van der Waals surface area contributed by atoms with E-state index in [4.69, 9.17) is 16.3 Å². The van der Waals surface area contributed by atoms with Gasteiger partial charge in [-0.25, -0.2) is 8.42 Å². The molecule has 1 fully saturated rings. The Bertz CT molecular complexity index is 585. The normalized spacial score (nSPS) is 15.4. The third-order valence-corrected chi connectivity index (χ3v) is 5.82. The zero-order chi connectivity index (χ0) is 15.5. The van der Waals surface area contributed by atoms with Crippen LogP contribution in [0.25, 0.3) is 0 Å². The Morgan fingerprint density at radius 3 is 2.57 bits per heavy atom. The minimum atomic E-state index is -3.44. The molecule has 0 heterocycles. The molecule has 0 aliphatic heterocycles. The van der Waals surface area contributed by atoms with E-state index in [1.807, 2.05) is 13.8 Å². The van der Waals surface area contributed by atoms with E-state index < -0.39 is 10.0 Å². The van der Waals surface area contributed by atoms with E-state index >= 15 is 0 Å². The second kappa shape index (κ2) is 6.99. The molecule has 1 saturated carbocycles. The first-order valence-corrected chi connectivity index (χ1v) is 9.35. The van der Waals surface area contributed by atoms with Crippen LogP contribution in [0.15, 0.2) is 23.1 Å². The number of rotatable bonds is 8. The van der Waals surface area contributed by atoms with Crippen LogP contribution in [-0.2, 0) is 15.9 Å². The van der Waals surface area contributed by atoms with E-state index in [0.29, 0.717) is 23.8 Å². The lowest BCUT2D eigenvalue weighted by Crippen LogP contribution is -2.32. The molecule has 0 saturated heterocycles. The molecule has 2 rings (SSSR count). The van der Waals surface area contributed by atoms with Crippen LogP contribution in [0.2, 0.25) is 0 Å². The summed E-state index contributed by atoms with van der Waals surface area (Å²) in [6.07, 6.45) is 2.80. The van der Waals surface area contributed by atoms with Crippen molar-refractivity contribution in [2.24, 2.45) is 0 Å². The first-order chi connectivity index (χ1) is 10.0. The van der Waals surface area contributed by atoms with Gasteiger partial charge in [0, 0.05) is 18.2 Å². The maximum atomic E-state index is 12.7. The van der Waals surface area contributed by atoms with Gasteiger partial charge in [0.05, 0.1) is 17.4 Å². The summed E-state index contributed by atoms with van der Waals surface area (Å²) in [5, 5.41) is 0. The zero-order valence-electron chi connectivity index (χ0n) is 12.5. The van der Waals surface area contributed by atoms with Crippen LogP contribution in [0.3, 0.4) is 0 Å². The summed E-state index contributed by atoms with van der Waals surface area (Å²) in [6.45, 7) is 4.99. The van der Waals surface area contributed by atoms with E-state index in [1.165, 1.54) is 0 Å². The molecule has 4 nitrogen and oxygen atoms in total. The highest BCUT2D eigenvalue weighted by Gasteiger charge is 2.37. The Hall–Kier alpha value is -0.780. The fraction of sp³-hybridized carbons (Fsp3) is 0.600. The van der Waals surface area contributed by atoms with Gasteiger partial charge >= 0.3 is 0 Å². The largest absolute Gasteiger partial charge is 0.493 e. The van der Waals surface area contributed by atoms with Gasteiger partial charge in [-0.05, 0) is 37.5 Å². The molecule has 0 bridgehead atoms. The summed E-state index contributed by atoms with van der Waals surface area (Å²) in [6, 6.07) is 5.12. The Morgan fingerprint density at radius 2 is 2.05 bits per heavy atom. The second-order valence-electron chi connectivity index (χ2n) is 5.19. The van der Waals surface area contributed by atoms with Gasteiger partial charge in [0.1, 0.15) is 5.75 Å². The first kappa shape index (κ1) is 16.6. The number of halogens is 1. The third kappa shape index (κ3) is 3.71. The summed E-state index contributed by atoms with van der Waals surface area (Å²) in [7, 11) is -3.44. The molecule has 0 aromatic heterocycles. The topological polar surface area (TPSA) is 46.6 Å². The summed E-state index contributed by atoms with van der Waals surface area (Å²) in [5.74, 6) is 0.901. The number of sulfonamides is 1. The van der Waals surface area contributed by atoms with Crippen LogP contribution >= 0.6 is 11.6 Å². The van der Waals surface area contributed by atoms with Gasteiger partial charge < -0.3 is 4.74 Å². The number of benzene rings is 1. The monoisotopic (exact) mass is 331 g/mol. The van der Waals surface area contributed by atoms with E-state index in [0.717, 1.165) is 24.8 Å². The average molecular weight is 332 g/mol. The van der Waals surface area contributed by atoms with Crippen molar-refractivity contribution in [2.45, 2.75) is 49.9 Å². The van der Waals surface area contributed by atoms with Crippen LogP contribution < -0.4 is 4.74 Å². The molecule has 6 heteroatoms. The molecule has 0 radical (unpaired) electrons. The van der Waals surface area contributed by atoms with Gasteiger partial charge in [-0.15, -0.1) is 11.6 Å². The summed E-state index contributed by atoms with van der Waals surface area (Å²) >= 11 is 5.93. The lowest BCUT2D eigenvalue weighted by Gasteiger charge is -2.20. The maximum absolute atomic E-state index is 12.7. The van der Waals surface area contributed by atoms with E-state index in [2.05, 4.69) is 0 Å². The average Bonchev–Trinajstić information content (AvgIpc) is 3.30. The standard InChI is InChI=1S/C15H22ClNO3S/c1-3-9-20-15-8-7-14(10-12(15)11-16)21(18,19)17(4-2)13-5-6-13/h7-8,10,13H,3-6,9,11H2,1-2H3. The molecule has 1 aliphatic carbocycles. The summed E-state index contributed by atoms with van der Waals surface area (Å²) < 4.78 is 32.5.